The predicted octanol–water partition coefficient (Wildman–Crippen LogP) is 4.36. The molecule has 144 valence electrons. The van der Waals surface area contributed by atoms with Gasteiger partial charge in [-0.1, -0.05) is 41.7 Å². The van der Waals surface area contributed by atoms with E-state index in [1.54, 1.807) is 29.6 Å². The van der Waals surface area contributed by atoms with E-state index in [1.165, 1.54) is 6.07 Å². The van der Waals surface area contributed by atoms with Gasteiger partial charge < -0.3 is 14.2 Å². The van der Waals surface area contributed by atoms with Crippen molar-refractivity contribution in [2.24, 2.45) is 0 Å². The third-order valence-corrected chi connectivity index (χ3v) is 4.58. The molecule has 0 aliphatic heterocycles. The Kier molecular flexibility index (Phi) is 6.59. The van der Waals surface area contributed by atoms with Crippen molar-refractivity contribution in [1.82, 2.24) is 0 Å². The number of hydrogen-bond donors (Lipinski definition) is 0. The summed E-state index contributed by atoms with van der Waals surface area (Å²) in [7, 11) is 0. The maximum Gasteiger partial charge on any atom is 0.344 e. The summed E-state index contributed by atoms with van der Waals surface area (Å²) in [4.78, 5) is 21.9. The molecule has 0 amide bonds. The first-order valence-corrected chi connectivity index (χ1v) is 9.25. The Morgan fingerprint density at radius 3 is 2.25 bits per heavy atom. The first kappa shape index (κ1) is 19.4. The molecule has 0 unspecified atom stereocenters. The van der Waals surface area contributed by atoms with Crippen molar-refractivity contribution in [2.45, 2.75) is 13.2 Å². The minimum absolute atomic E-state index is 0.0110. The molecule has 0 radical (unpaired) electrons. The lowest BCUT2D eigenvalue weighted by atomic mass is 10.2. The van der Waals surface area contributed by atoms with E-state index < -0.39 is 10.9 Å². The van der Waals surface area contributed by atoms with Gasteiger partial charge in [-0.2, -0.15) is 0 Å². The number of thiophene rings is 1. The lowest BCUT2D eigenvalue weighted by molar-refractivity contribution is -0.380. The van der Waals surface area contributed by atoms with Crippen LogP contribution in [-0.2, 0) is 22.7 Å². The van der Waals surface area contributed by atoms with Gasteiger partial charge in [-0.05, 0) is 29.8 Å². The monoisotopic (exact) mass is 399 g/mol. The average Bonchev–Trinajstić information content (AvgIpc) is 3.20. The third-order valence-electron chi connectivity index (χ3n) is 3.65. The van der Waals surface area contributed by atoms with Crippen LogP contribution in [0.3, 0.4) is 0 Å². The molecular weight excluding hydrogens is 382 g/mol. The molecule has 0 saturated carbocycles. The highest BCUT2D eigenvalue weighted by atomic mass is 32.1. The number of ether oxygens (including phenoxy) is 3. The number of rotatable bonds is 9. The van der Waals surface area contributed by atoms with Crippen LogP contribution >= 0.6 is 11.3 Å². The molecular formula is C20H17NO6S. The predicted molar refractivity (Wildman–Crippen MR) is 103 cm³/mol. The molecule has 28 heavy (non-hydrogen) atoms. The van der Waals surface area contributed by atoms with Crippen molar-refractivity contribution in [3.8, 4) is 11.5 Å². The second-order valence-corrected chi connectivity index (χ2v) is 6.64. The van der Waals surface area contributed by atoms with Crippen LogP contribution in [0.2, 0.25) is 0 Å². The van der Waals surface area contributed by atoms with Crippen LogP contribution in [0.15, 0.2) is 66.0 Å². The number of nitrogens with zero attached hydrogens (tertiary/aromatic N) is 1. The molecule has 3 rings (SSSR count). The molecule has 0 saturated heterocycles. The number of nitro groups is 1. The molecule has 0 bridgehead atoms. The first-order chi connectivity index (χ1) is 13.6. The SMILES string of the molecule is O=C(COc1ccc(OCc2ccccc2)cc1)OCc1csc([N+](=O)[O-])c1. The quantitative estimate of drug-likeness (QED) is 0.302. The standard InChI is InChI=1S/C20H17NO6S/c22-20(27-12-16-10-19(21(23)24)28-14-16)13-26-18-8-6-17(7-9-18)25-11-15-4-2-1-3-5-15/h1-10,14H,11-13H2. The molecule has 3 aromatic rings. The summed E-state index contributed by atoms with van der Waals surface area (Å²) in [5, 5.41) is 12.2. The van der Waals surface area contributed by atoms with Crippen molar-refractivity contribution in [2.75, 3.05) is 6.61 Å². The summed E-state index contributed by atoms with van der Waals surface area (Å²) in [6, 6.07) is 18.1. The molecule has 8 heteroatoms. The molecule has 1 aromatic heterocycles. The lowest BCUT2D eigenvalue weighted by Crippen LogP contribution is -2.14. The van der Waals surface area contributed by atoms with Crippen molar-refractivity contribution >= 4 is 22.3 Å². The minimum Gasteiger partial charge on any atom is -0.489 e. The van der Waals surface area contributed by atoms with E-state index in [2.05, 4.69) is 0 Å². The van der Waals surface area contributed by atoms with Gasteiger partial charge in [0.15, 0.2) is 6.61 Å². The molecule has 0 spiro atoms. The van der Waals surface area contributed by atoms with E-state index in [-0.39, 0.29) is 18.2 Å². The molecule has 7 nitrogen and oxygen atoms in total. The molecule has 0 fully saturated rings. The zero-order valence-electron chi connectivity index (χ0n) is 14.8. The lowest BCUT2D eigenvalue weighted by Gasteiger charge is -2.09. The molecule has 0 atom stereocenters. The van der Waals surface area contributed by atoms with Gasteiger partial charge in [0.1, 0.15) is 24.7 Å². The molecule has 1 heterocycles. The van der Waals surface area contributed by atoms with Crippen LogP contribution in [0.4, 0.5) is 5.00 Å². The average molecular weight is 399 g/mol. The maximum atomic E-state index is 11.8. The van der Waals surface area contributed by atoms with Crippen LogP contribution in [0.25, 0.3) is 0 Å². The van der Waals surface area contributed by atoms with Crippen LogP contribution in [-0.4, -0.2) is 17.5 Å². The molecule has 0 N–H and O–H groups in total. The Bertz CT molecular complexity index is 923. The van der Waals surface area contributed by atoms with Crippen LogP contribution in [0, 0.1) is 10.1 Å². The van der Waals surface area contributed by atoms with Gasteiger partial charge in [0.2, 0.25) is 0 Å². The van der Waals surface area contributed by atoms with E-state index in [9.17, 15) is 14.9 Å². The summed E-state index contributed by atoms with van der Waals surface area (Å²) in [5.74, 6) is 0.645. The summed E-state index contributed by atoms with van der Waals surface area (Å²) in [6.07, 6.45) is 0. The number of esters is 1. The number of hydrogen-bond acceptors (Lipinski definition) is 7. The van der Waals surface area contributed by atoms with Crippen molar-refractivity contribution in [3.63, 3.8) is 0 Å². The van der Waals surface area contributed by atoms with Gasteiger partial charge in [-0.3, -0.25) is 10.1 Å². The Labute approximate surface area is 165 Å². The Hall–Kier alpha value is -3.39. The van der Waals surface area contributed by atoms with E-state index in [0.717, 1.165) is 16.9 Å². The summed E-state index contributed by atoms with van der Waals surface area (Å²) in [5.41, 5.74) is 1.64. The van der Waals surface area contributed by atoms with E-state index in [1.807, 2.05) is 30.3 Å². The Balaban J connectivity index is 1.40. The summed E-state index contributed by atoms with van der Waals surface area (Å²) < 4.78 is 16.1. The highest BCUT2D eigenvalue weighted by molar-refractivity contribution is 7.13. The van der Waals surface area contributed by atoms with Gasteiger partial charge in [0.25, 0.3) is 0 Å². The zero-order valence-corrected chi connectivity index (χ0v) is 15.6. The molecule has 0 aliphatic rings. The smallest absolute Gasteiger partial charge is 0.344 e. The number of benzene rings is 2. The highest BCUT2D eigenvalue weighted by Crippen LogP contribution is 2.23. The van der Waals surface area contributed by atoms with Crippen LogP contribution in [0.5, 0.6) is 11.5 Å². The highest BCUT2D eigenvalue weighted by Gasteiger charge is 2.11. The van der Waals surface area contributed by atoms with Crippen molar-refractivity contribution in [1.29, 1.82) is 0 Å². The summed E-state index contributed by atoms with van der Waals surface area (Å²) >= 11 is 0.990. The fourth-order valence-corrected chi connectivity index (χ4v) is 2.97. The topological polar surface area (TPSA) is 87.9 Å². The Morgan fingerprint density at radius 1 is 0.929 bits per heavy atom. The first-order valence-electron chi connectivity index (χ1n) is 8.37. The van der Waals surface area contributed by atoms with Crippen molar-refractivity contribution in [3.05, 3.63) is 87.3 Å². The van der Waals surface area contributed by atoms with Gasteiger partial charge in [-0.25, -0.2) is 4.79 Å². The van der Waals surface area contributed by atoms with Crippen molar-refractivity contribution < 1.29 is 23.9 Å². The number of carbonyl (C=O) groups is 1. The van der Waals surface area contributed by atoms with Gasteiger partial charge in [0, 0.05) is 17.0 Å². The van der Waals surface area contributed by atoms with Gasteiger partial charge >= 0.3 is 11.0 Å². The number of carbonyl (C=O) groups excluding carboxylic acids is 1. The largest absolute Gasteiger partial charge is 0.489 e. The fraction of sp³-hybridized carbons (Fsp3) is 0.150. The van der Waals surface area contributed by atoms with Gasteiger partial charge in [0.05, 0.1) is 4.92 Å². The zero-order chi connectivity index (χ0) is 19.8. The third kappa shape index (κ3) is 5.82. The van der Waals surface area contributed by atoms with Crippen LogP contribution in [0.1, 0.15) is 11.1 Å². The maximum absolute atomic E-state index is 11.8. The second-order valence-electron chi connectivity index (χ2n) is 5.75. The van der Waals surface area contributed by atoms with E-state index >= 15 is 0 Å². The van der Waals surface area contributed by atoms with Crippen LogP contribution < -0.4 is 9.47 Å². The summed E-state index contributed by atoms with van der Waals surface area (Å²) in [6.45, 7) is 0.184. The minimum atomic E-state index is -0.557. The fourth-order valence-electron chi connectivity index (χ4n) is 2.25. The second kappa shape index (κ2) is 9.52. The Morgan fingerprint density at radius 2 is 1.61 bits per heavy atom. The van der Waals surface area contributed by atoms with E-state index in [4.69, 9.17) is 14.2 Å². The molecule has 2 aromatic carbocycles. The van der Waals surface area contributed by atoms with Gasteiger partial charge in [-0.15, -0.1) is 0 Å². The molecule has 0 aliphatic carbocycles. The van der Waals surface area contributed by atoms with E-state index in [0.29, 0.717) is 23.7 Å². The normalized spacial score (nSPS) is 10.3.